The lowest BCUT2D eigenvalue weighted by molar-refractivity contribution is 0.354. The van der Waals surface area contributed by atoms with Gasteiger partial charge in [-0.25, -0.2) is 0 Å². The number of aromatic nitrogens is 2. The predicted octanol–water partition coefficient (Wildman–Crippen LogP) is 5.49. The van der Waals surface area contributed by atoms with E-state index in [4.69, 9.17) is 27.9 Å². The summed E-state index contributed by atoms with van der Waals surface area (Å²) in [4.78, 5) is 5.59. The van der Waals surface area contributed by atoms with Crippen molar-refractivity contribution in [2.45, 2.75) is 43.2 Å². The summed E-state index contributed by atoms with van der Waals surface area (Å²) in [5.41, 5.74) is 1.02. The fraction of sp³-hybridized carbons (Fsp3) is 0.400. The van der Waals surface area contributed by atoms with Crippen LogP contribution in [0.5, 0.6) is 6.01 Å². The Hall–Kier alpha value is -0.840. The van der Waals surface area contributed by atoms with Gasteiger partial charge in [-0.2, -0.15) is 4.98 Å². The maximum Gasteiger partial charge on any atom is 0.297 e. The first-order valence-corrected chi connectivity index (χ1v) is 8.31. The fourth-order valence-electron chi connectivity index (χ4n) is 2.05. The average molecular weight is 345 g/mol. The molecule has 3 nitrogen and oxygen atoms in total. The molecule has 21 heavy (non-hydrogen) atoms. The highest BCUT2D eigenvalue weighted by molar-refractivity contribution is 7.99. The van der Waals surface area contributed by atoms with Crippen LogP contribution in [0.4, 0.5) is 0 Å². The first kappa shape index (κ1) is 16.5. The Morgan fingerprint density at radius 3 is 2.33 bits per heavy atom. The molecule has 0 aliphatic carbocycles. The third-order valence-corrected chi connectivity index (χ3v) is 4.54. The van der Waals surface area contributed by atoms with Gasteiger partial charge in [0, 0.05) is 21.5 Å². The van der Waals surface area contributed by atoms with Crippen LogP contribution in [0.3, 0.4) is 0 Å². The number of rotatable bonds is 5. The van der Waals surface area contributed by atoms with Crippen molar-refractivity contribution >= 4 is 35.0 Å². The lowest BCUT2D eigenvalue weighted by Gasteiger charge is -2.10. The fourth-order valence-corrected chi connectivity index (χ4v) is 4.01. The normalized spacial score (nSPS) is 11.2. The maximum atomic E-state index is 6.08. The number of ether oxygens (including phenoxy) is 1. The molecule has 0 saturated carbocycles. The van der Waals surface area contributed by atoms with E-state index >= 15 is 0 Å². The number of nitrogens with zero attached hydrogens (tertiary/aromatic N) is 2. The van der Waals surface area contributed by atoms with Crippen molar-refractivity contribution in [3.8, 4) is 6.01 Å². The van der Waals surface area contributed by atoms with Crippen LogP contribution in [-0.2, 0) is 6.54 Å². The molecule has 0 N–H and O–H groups in total. The van der Waals surface area contributed by atoms with Gasteiger partial charge in [-0.3, -0.25) is 4.57 Å². The molecular formula is C15H18Cl2N2OS. The number of hydrogen-bond donors (Lipinski definition) is 0. The van der Waals surface area contributed by atoms with Crippen molar-refractivity contribution in [3.63, 3.8) is 0 Å². The lowest BCUT2D eigenvalue weighted by atomic mass is 10.1. The van der Waals surface area contributed by atoms with Crippen molar-refractivity contribution in [1.82, 2.24) is 9.55 Å². The van der Waals surface area contributed by atoms with Crippen molar-refractivity contribution in [2.24, 2.45) is 0 Å². The lowest BCUT2D eigenvalue weighted by Crippen LogP contribution is -2.00. The molecule has 2 rings (SSSR count). The minimum Gasteiger partial charge on any atom is -0.468 e. The zero-order chi connectivity index (χ0) is 15.6. The minimum absolute atomic E-state index is 0.309. The molecule has 1 aromatic carbocycles. The van der Waals surface area contributed by atoms with Crippen LogP contribution < -0.4 is 4.74 Å². The monoisotopic (exact) mass is 344 g/mol. The first-order valence-electron chi connectivity index (χ1n) is 6.74. The molecule has 1 heterocycles. The molecule has 1 aromatic heterocycles. The van der Waals surface area contributed by atoms with Gasteiger partial charge in [-0.05, 0) is 31.0 Å². The van der Waals surface area contributed by atoms with E-state index in [0.717, 1.165) is 22.2 Å². The summed E-state index contributed by atoms with van der Waals surface area (Å²) in [7, 11) is 1.64. The molecular weight excluding hydrogens is 327 g/mol. The largest absolute Gasteiger partial charge is 0.468 e. The average Bonchev–Trinajstić information content (AvgIpc) is 2.75. The number of imidazole rings is 1. The van der Waals surface area contributed by atoms with E-state index in [9.17, 15) is 0 Å². The SMILES string of the molecule is CCn1c(OC)nc(C(C)C)c1Sc1cc(Cl)cc(Cl)c1. The summed E-state index contributed by atoms with van der Waals surface area (Å²) in [5, 5.41) is 2.33. The summed E-state index contributed by atoms with van der Waals surface area (Å²) < 4.78 is 7.44. The number of benzene rings is 1. The standard InChI is InChI=1S/C15H18Cl2N2OS/c1-5-19-14(13(9(2)3)18-15(19)20-4)21-12-7-10(16)6-11(17)8-12/h6-9H,5H2,1-4H3. The first-order chi connectivity index (χ1) is 9.96. The molecule has 0 spiro atoms. The smallest absolute Gasteiger partial charge is 0.297 e. The second-order valence-corrected chi connectivity index (χ2v) is 6.83. The molecule has 6 heteroatoms. The zero-order valence-electron chi connectivity index (χ0n) is 12.5. The molecule has 0 radical (unpaired) electrons. The molecule has 0 atom stereocenters. The van der Waals surface area contributed by atoms with Gasteiger partial charge in [0.05, 0.1) is 12.8 Å². The van der Waals surface area contributed by atoms with Gasteiger partial charge in [-0.15, -0.1) is 0 Å². The van der Waals surface area contributed by atoms with Crippen molar-refractivity contribution in [3.05, 3.63) is 33.9 Å². The molecule has 0 unspecified atom stereocenters. The summed E-state index contributed by atoms with van der Waals surface area (Å²) in [6.07, 6.45) is 0. The van der Waals surface area contributed by atoms with Crippen molar-refractivity contribution in [2.75, 3.05) is 7.11 Å². The van der Waals surface area contributed by atoms with Gasteiger partial charge in [0.2, 0.25) is 0 Å². The third kappa shape index (κ3) is 3.68. The molecule has 0 aliphatic heterocycles. The minimum atomic E-state index is 0.309. The second-order valence-electron chi connectivity index (χ2n) is 4.90. The third-order valence-electron chi connectivity index (χ3n) is 3.01. The van der Waals surface area contributed by atoms with E-state index in [0.29, 0.717) is 22.0 Å². The van der Waals surface area contributed by atoms with Gasteiger partial charge in [-0.1, -0.05) is 48.8 Å². The Labute approximate surface area is 139 Å². The Morgan fingerprint density at radius 2 is 1.86 bits per heavy atom. The summed E-state index contributed by atoms with van der Waals surface area (Å²) in [6, 6.07) is 6.18. The molecule has 2 aromatic rings. The Bertz CT molecular complexity index is 621. The van der Waals surface area contributed by atoms with Crippen LogP contribution in [0.25, 0.3) is 0 Å². The summed E-state index contributed by atoms with van der Waals surface area (Å²) in [6.45, 7) is 7.11. The Morgan fingerprint density at radius 1 is 1.24 bits per heavy atom. The van der Waals surface area contributed by atoms with Crippen molar-refractivity contribution in [1.29, 1.82) is 0 Å². The van der Waals surface area contributed by atoms with E-state index in [1.54, 1.807) is 24.9 Å². The van der Waals surface area contributed by atoms with Gasteiger partial charge in [0.25, 0.3) is 6.01 Å². The van der Waals surface area contributed by atoms with Crippen LogP contribution in [0.2, 0.25) is 10.0 Å². The number of hydrogen-bond acceptors (Lipinski definition) is 3. The van der Waals surface area contributed by atoms with Crippen molar-refractivity contribution < 1.29 is 4.74 Å². The van der Waals surface area contributed by atoms with Crippen LogP contribution >= 0.6 is 35.0 Å². The van der Waals surface area contributed by atoms with E-state index in [2.05, 4.69) is 30.3 Å². The van der Waals surface area contributed by atoms with Crippen LogP contribution in [0, 0.1) is 0 Å². The van der Waals surface area contributed by atoms with E-state index in [1.807, 2.05) is 12.1 Å². The van der Waals surface area contributed by atoms with E-state index in [1.165, 1.54) is 0 Å². The Balaban J connectivity index is 2.48. The topological polar surface area (TPSA) is 27.1 Å². The molecule has 0 saturated heterocycles. The molecule has 114 valence electrons. The van der Waals surface area contributed by atoms with Crippen LogP contribution in [0.15, 0.2) is 28.1 Å². The van der Waals surface area contributed by atoms with Gasteiger partial charge in [0.1, 0.15) is 5.03 Å². The van der Waals surface area contributed by atoms with Crippen LogP contribution in [0.1, 0.15) is 32.4 Å². The molecule has 0 aliphatic rings. The highest BCUT2D eigenvalue weighted by Crippen LogP contribution is 2.38. The second kappa shape index (κ2) is 6.95. The molecule has 0 bridgehead atoms. The summed E-state index contributed by atoms with van der Waals surface area (Å²) >= 11 is 13.8. The van der Waals surface area contributed by atoms with E-state index in [-0.39, 0.29) is 0 Å². The highest BCUT2D eigenvalue weighted by atomic mass is 35.5. The number of methoxy groups -OCH3 is 1. The molecule has 0 amide bonds. The zero-order valence-corrected chi connectivity index (χ0v) is 14.8. The van der Waals surface area contributed by atoms with Gasteiger partial charge < -0.3 is 4.74 Å². The summed E-state index contributed by atoms with van der Waals surface area (Å²) in [5.74, 6) is 0.309. The van der Waals surface area contributed by atoms with Crippen LogP contribution in [-0.4, -0.2) is 16.7 Å². The molecule has 0 fully saturated rings. The highest BCUT2D eigenvalue weighted by Gasteiger charge is 2.20. The van der Waals surface area contributed by atoms with E-state index < -0.39 is 0 Å². The predicted molar refractivity (Wildman–Crippen MR) is 89.1 cm³/mol. The maximum absolute atomic E-state index is 6.08. The Kier molecular flexibility index (Phi) is 5.47. The number of halogens is 2. The quantitative estimate of drug-likeness (QED) is 0.717. The van der Waals surface area contributed by atoms with Gasteiger partial charge in [0.15, 0.2) is 0 Å². The van der Waals surface area contributed by atoms with Gasteiger partial charge >= 0.3 is 0 Å².